The average molecular weight is 425 g/mol. The number of rotatable bonds is 4. The molecule has 0 aromatic heterocycles. The molecule has 4 nitrogen and oxygen atoms in total. The first-order valence-electron chi connectivity index (χ1n) is 11.3. The van der Waals surface area contributed by atoms with Crippen molar-refractivity contribution in [2.75, 3.05) is 0 Å². The van der Waals surface area contributed by atoms with Crippen molar-refractivity contribution in [1.29, 1.82) is 0 Å². The minimum atomic E-state index is -0.590. The molecule has 4 heteroatoms. The molecule has 168 valence electrons. The van der Waals surface area contributed by atoms with E-state index in [1.165, 1.54) is 6.92 Å². The third-order valence-corrected chi connectivity index (χ3v) is 7.85. The topological polar surface area (TPSA) is 60.4 Å². The predicted octanol–water partition coefficient (Wildman–Crippen LogP) is 5.54. The molecule has 0 aliphatic heterocycles. The molecule has 1 fully saturated rings. The van der Waals surface area contributed by atoms with E-state index in [0.717, 1.165) is 24.8 Å². The number of esters is 1. The Labute approximate surface area is 186 Å². The van der Waals surface area contributed by atoms with Crippen molar-refractivity contribution in [2.24, 2.45) is 28.6 Å². The number of carbonyl (C=O) groups excluding carboxylic acids is 3. The Morgan fingerprint density at radius 2 is 1.74 bits per heavy atom. The van der Waals surface area contributed by atoms with Crippen LogP contribution in [0.5, 0.6) is 0 Å². The standard InChI is InChI=1S/C27H36O4/c1-15(2)24-25(30)20(14-23-26(6,7)10-9-11-27(23,24)8)17(4)19-13-21(29)16(3)12-22(19)31-18(5)28/h12,14,19,22-24H,1,4,9-11,13H2,2-3,5-8H3/t19-,22-,23+,24-,27+/m1/s1. The quantitative estimate of drug-likeness (QED) is 0.439. The largest absolute Gasteiger partial charge is 0.458 e. The Balaban J connectivity index is 2.08. The first-order valence-corrected chi connectivity index (χ1v) is 11.3. The van der Waals surface area contributed by atoms with E-state index < -0.39 is 18.0 Å². The van der Waals surface area contributed by atoms with Gasteiger partial charge in [0.2, 0.25) is 0 Å². The third-order valence-electron chi connectivity index (χ3n) is 7.85. The summed E-state index contributed by atoms with van der Waals surface area (Å²) >= 11 is 0. The summed E-state index contributed by atoms with van der Waals surface area (Å²) in [5, 5.41) is 0. The van der Waals surface area contributed by atoms with Crippen LogP contribution in [0.3, 0.4) is 0 Å². The first kappa shape index (κ1) is 23.4. The molecule has 0 aromatic carbocycles. The Morgan fingerprint density at radius 3 is 2.32 bits per heavy atom. The van der Waals surface area contributed by atoms with Crippen LogP contribution in [0, 0.1) is 28.6 Å². The van der Waals surface area contributed by atoms with Gasteiger partial charge in [0, 0.05) is 30.8 Å². The van der Waals surface area contributed by atoms with E-state index in [-0.39, 0.29) is 40.7 Å². The van der Waals surface area contributed by atoms with Crippen molar-refractivity contribution in [2.45, 2.75) is 73.3 Å². The maximum absolute atomic E-state index is 13.8. The number of hydrogen-bond acceptors (Lipinski definition) is 4. The zero-order valence-corrected chi connectivity index (χ0v) is 19.8. The molecule has 0 saturated heterocycles. The first-order chi connectivity index (χ1) is 14.3. The van der Waals surface area contributed by atoms with Gasteiger partial charge in [-0.3, -0.25) is 14.4 Å². The van der Waals surface area contributed by atoms with Crippen molar-refractivity contribution >= 4 is 17.5 Å². The van der Waals surface area contributed by atoms with Gasteiger partial charge in [-0.05, 0) is 60.7 Å². The summed E-state index contributed by atoms with van der Waals surface area (Å²) in [5.41, 5.74) is 2.51. The van der Waals surface area contributed by atoms with Gasteiger partial charge in [-0.25, -0.2) is 0 Å². The molecule has 0 amide bonds. The van der Waals surface area contributed by atoms with E-state index in [1.54, 1.807) is 13.0 Å². The molecule has 0 unspecified atom stereocenters. The van der Waals surface area contributed by atoms with E-state index >= 15 is 0 Å². The lowest BCUT2D eigenvalue weighted by Gasteiger charge is -2.55. The average Bonchev–Trinajstić information content (AvgIpc) is 2.62. The number of carbonyl (C=O) groups is 3. The second-order valence-corrected chi connectivity index (χ2v) is 10.7. The second kappa shape index (κ2) is 8.03. The van der Waals surface area contributed by atoms with E-state index in [1.807, 2.05) is 6.92 Å². The Hall–Kier alpha value is -2.23. The van der Waals surface area contributed by atoms with Crippen molar-refractivity contribution in [3.05, 3.63) is 47.6 Å². The molecule has 0 heterocycles. The molecule has 0 radical (unpaired) electrons. The summed E-state index contributed by atoms with van der Waals surface area (Å²) in [4.78, 5) is 38.0. The van der Waals surface area contributed by atoms with Gasteiger partial charge >= 0.3 is 5.97 Å². The van der Waals surface area contributed by atoms with Gasteiger partial charge < -0.3 is 4.74 Å². The highest BCUT2D eigenvalue weighted by Crippen LogP contribution is 2.60. The lowest BCUT2D eigenvalue weighted by Crippen LogP contribution is -2.51. The molecule has 31 heavy (non-hydrogen) atoms. The van der Waals surface area contributed by atoms with Crippen LogP contribution in [0.1, 0.15) is 67.2 Å². The summed E-state index contributed by atoms with van der Waals surface area (Å²) in [7, 11) is 0. The molecule has 3 aliphatic rings. The number of fused-ring (bicyclic) bond motifs is 1. The maximum atomic E-state index is 13.8. The molecule has 0 aromatic rings. The zero-order chi connectivity index (χ0) is 23.3. The normalized spacial score (nSPS) is 34.9. The van der Waals surface area contributed by atoms with Crippen LogP contribution in [-0.4, -0.2) is 23.6 Å². The van der Waals surface area contributed by atoms with Crippen LogP contribution < -0.4 is 0 Å². The molecular formula is C27H36O4. The molecule has 3 rings (SSSR count). The van der Waals surface area contributed by atoms with Crippen LogP contribution in [0.2, 0.25) is 0 Å². The van der Waals surface area contributed by atoms with E-state index in [9.17, 15) is 14.4 Å². The second-order valence-electron chi connectivity index (χ2n) is 10.7. The van der Waals surface area contributed by atoms with E-state index in [2.05, 4.69) is 40.0 Å². The summed E-state index contributed by atoms with van der Waals surface area (Å²) < 4.78 is 5.53. The van der Waals surface area contributed by atoms with Gasteiger partial charge in [-0.1, -0.05) is 52.0 Å². The number of allylic oxidation sites excluding steroid dienone is 4. The van der Waals surface area contributed by atoms with Crippen LogP contribution in [0.4, 0.5) is 0 Å². The highest BCUT2D eigenvalue weighted by molar-refractivity contribution is 6.05. The number of ether oxygens (including phenoxy) is 1. The molecule has 5 atom stereocenters. The maximum Gasteiger partial charge on any atom is 0.303 e. The lowest BCUT2D eigenvalue weighted by molar-refractivity contribution is -0.146. The Kier molecular flexibility index (Phi) is 6.07. The van der Waals surface area contributed by atoms with Gasteiger partial charge in [0.05, 0.1) is 0 Å². The van der Waals surface area contributed by atoms with Crippen LogP contribution in [0.25, 0.3) is 0 Å². The molecule has 0 bridgehead atoms. The molecule has 0 spiro atoms. The van der Waals surface area contributed by atoms with E-state index in [4.69, 9.17) is 4.74 Å². The SMILES string of the molecule is C=C(C)[C@@H]1C(=O)C(C(=C)[C@H]2CC(=O)C(C)=C[C@H]2OC(C)=O)=C[C@H]2C(C)(C)CCC[C@]12C. The summed E-state index contributed by atoms with van der Waals surface area (Å²) in [6.45, 7) is 20.3. The molecule has 3 aliphatic carbocycles. The molecule has 0 N–H and O–H groups in total. The van der Waals surface area contributed by atoms with Crippen molar-refractivity contribution < 1.29 is 19.1 Å². The Bertz CT molecular complexity index is 916. The van der Waals surface area contributed by atoms with Gasteiger partial charge in [0.1, 0.15) is 6.10 Å². The zero-order valence-electron chi connectivity index (χ0n) is 19.8. The van der Waals surface area contributed by atoms with Crippen molar-refractivity contribution in [3.8, 4) is 0 Å². The van der Waals surface area contributed by atoms with E-state index in [0.29, 0.717) is 16.7 Å². The number of Topliss-reactive ketones (excluding diaryl/α,β-unsaturated/α-hetero) is 2. The minimum Gasteiger partial charge on any atom is -0.458 e. The van der Waals surface area contributed by atoms with Gasteiger partial charge in [-0.15, -0.1) is 0 Å². The van der Waals surface area contributed by atoms with Crippen LogP contribution >= 0.6 is 0 Å². The van der Waals surface area contributed by atoms with Gasteiger partial charge in [-0.2, -0.15) is 0 Å². The molecular weight excluding hydrogens is 388 g/mol. The fourth-order valence-electron chi connectivity index (χ4n) is 6.39. The Morgan fingerprint density at radius 1 is 1.10 bits per heavy atom. The van der Waals surface area contributed by atoms with Crippen LogP contribution in [0.15, 0.2) is 47.6 Å². The van der Waals surface area contributed by atoms with Gasteiger partial charge in [0.25, 0.3) is 0 Å². The van der Waals surface area contributed by atoms with Crippen molar-refractivity contribution in [1.82, 2.24) is 0 Å². The lowest BCUT2D eigenvalue weighted by atomic mass is 9.48. The van der Waals surface area contributed by atoms with Crippen LogP contribution in [-0.2, 0) is 19.1 Å². The monoisotopic (exact) mass is 424 g/mol. The fraction of sp³-hybridized carbons (Fsp3) is 0.593. The smallest absolute Gasteiger partial charge is 0.303 e. The third kappa shape index (κ3) is 4.02. The highest BCUT2D eigenvalue weighted by atomic mass is 16.5. The number of hydrogen-bond donors (Lipinski definition) is 0. The highest BCUT2D eigenvalue weighted by Gasteiger charge is 2.55. The van der Waals surface area contributed by atoms with Gasteiger partial charge in [0.15, 0.2) is 11.6 Å². The fourth-order valence-corrected chi connectivity index (χ4v) is 6.39. The minimum absolute atomic E-state index is 0.00213. The predicted molar refractivity (Wildman–Crippen MR) is 122 cm³/mol. The summed E-state index contributed by atoms with van der Waals surface area (Å²) in [5.74, 6) is -0.892. The number of ketones is 2. The molecule has 1 saturated carbocycles. The summed E-state index contributed by atoms with van der Waals surface area (Å²) in [6, 6.07) is 0. The summed E-state index contributed by atoms with van der Waals surface area (Å²) in [6.07, 6.45) is 6.59. The van der Waals surface area contributed by atoms with Crippen molar-refractivity contribution in [3.63, 3.8) is 0 Å².